The molecule has 0 saturated carbocycles. The maximum Gasteiger partial charge on any atom is 0.339 e. The summed E-state index contributed by atoms with van der Waals surface area (Å²) < 4.78 is 5.25. The fraction of sp³-hybridized carbons (Fsp3) is 0.583. The van der Waals surface area contributed by atoms with Crippen LogP contribution in [0.1, 0.15) is 61.1 Å². The Morgan fingerprint density at radius 1 is 1.53 bits per heavy atom. The van der Waals surface area contributed by atoms with E-state index in [1.807, 2.05) is 20.8 Å². The summed E-state index contributed by atoms with van der Waals surface area (Å²) in [5.41, 5.74) is 0.715. The Labute approximate surface area is 101 Å². The largest absolute Gasteiger partial charge is 0.478 e. The molecule has 0 fully saturated rings. The van der Waals surface area contributed by atoms with Crippen molar-refractivity contribution in [2.24, 2.45) is 0 Å². The number of rotatable bonds is 5. The van der Waals surface area contributed by atoms with Crippen LogP contribution in [-0.2, 0) is 4.74 Å². The fourth-order valence-electron chi connectivity index (χ4n) is 1.62. The minimum Gasteiger partial charge on any atom is -0.478 e. The molecule has 1 atom stereocenters. The van der Waals surface area contributed by atoms with E-state index in [0.29, 0.717) is 11.5 Å². The lowest BCUT2D eigenvalue weighted by Gasteiger charge is -2.15. The van der Waals surface area contributed by atoms with Gasteiger partial charge in [-0.2, -0.15) is 0 Å². The van der Waals surface area contributed by atoms with Crippen molar-refractivity contribution in [3.63, 3.8) is 0 Å². The van der Waals surface area contributed by atoms with Gasteiger partial charge in [0.25, 0.3) is 0 Å². The summed E-state index contributed by atoms with van der Waals surface area (Å²) in [4.78, 5) is 19.4. The number of ether oxygens (including phenoxy) is 1. The number of nitrogens with zero attached hydrogens (tertiary/aromatic N) is 2. The summed E-state index contributed by atoms with van der Waals surface area (Å²) in [7, 11) is 1.59. The highest BCUT2D eigenvalue weighted by atomic mass is 16.5. The molecule has 94 valence electrons. The molecule has 0 bridgehead atoms. The lowest BCUT2D eigenvalue weighted by Crippen LogP contribution is -2.13. The Kier molecular flexibility index (Phi) is 4.57. The van der Waals surface area contributed by atoms with Crippen LogP contribution >= 0.6 is 0 Å². The summed E-state index contributed by atoms with van der Waals surface area (Å²) in [6.07, 6.45) is 1.93. The Morgan fingerprint density at radius 2 is 2.18 bits per heavy atom. The molecule has 1 unspecified atom stereocenters. The Balaban J connectivity index is 3.22. The molecule has 1 rings (SSSR count). The Morgan fingerprint density at radius 3 is 2.59 bits per heavy atom. The summed E-state index contributed by atoms with van der Waals surface area (Å²) in [5.74, 6) is -0.411. The Bertz CT molecular complexity index is 401. The first-order valence-corrected chi connectivity index (χ1v) is 5.64. The molecule has 17 heavy (non-hydrogen) atoms. The van der Waals surface area contributed by atoms with Gasteiger partial charge in [-0.3, -0.25) is 0 Å². The quantitative estimate of drug-likeness (QED) is 0.852. The van der Waals surface area contributed by atoms with Crippen molar-refractivity contribution >= 4 is 5.97 Å². The molecule has 0 spiro atoms. The maximum absolute atomic E-state index is 11.0. The van der Waals surface area contributed by atoms with E-state index in [1.165, 1.54) is 6.20 Å². The first-order chi connectivity index (χ1) is 8.01. The molecular formula is C12H18N2O3. The zero-order chi connectivity index (χ0) is 13.0. The van der Waals surface area contributed by atoms with E-state index < -0.39 is 5.97 Å². The number of carboxylic acid groups (broad SMARTS) is 1. The summed E-state index contributed by atoms with van der Waals surface area (Å²) in [6, 6.07) is 0. The van der Waals surface area contributed by atoms with Crippen molar-refractivity contribution < 1.29 is 14.6 Å². The van der Waals surface area contributed by atoms with E-state index in [4.69, 9.17) is 9.84 Å². The molecule has 0 radical (unpaired) electrons. The van der Waals surface area contributed by atoms with Gasteiger partial charge < -0.3 is 9.84 Å². The van der Waals surface area contributed by atoms with Gasteiger partial charge in [-0.05, 0) is 12.3 Å². The van der Waals surface area contributed by atoms with Crippen LogP contribution in [0.15, 0.2) is 6.20 Å². The monoisotopic (exact) mass is 238 g/mol. The van der Waals surface area contributed by atoms with Crippen molar-refractivity contribution in [2.75, 3.05) is 7.11 Å². The van der Waals surface area contributed by atoms with Gasteiger partial charge in [-0.15, -0.1) is 0 Å². The highest BCUT2D eigenvalue weighted by Crippen LogP contribution is 2.21. The molecule has 0 aliphatic heterocycles. The number of hydrogen-bond acceptors (Lipinski definition) is 4. The maximum atomic E-state index is 11.0. The van der Waals surface area contributed by atoms with Gasteiger partial charge in [0.2, 0.25) is 0 Å². The van der Waals surface area contributed by atoms with E-state index in [1.54, 1.807) is 7.11 Å². The average Bonchev–Trinajstić information content (AvgIpc) is 2.30. The number of carbonyl (C=O) groups is 1. The topological polar surface area (TPSA) is 72.3 Å². The van der Waals surface area contributed by atoms with E-state index >= 15 is 0 Å². The molecule has 1 heterocycles. The molecule has 5 heteroatoms. The van der Waals surface area contributed by atoms with Gasteiger partial charge in [-0.1, -0.05) is 20.8 Å². The van der Waals surface area contributed by atoms with Crippen LogP contribution in [-0.4, -0.2) is 28.2 Å². The molecule has 0 amide bonds. The van der Waals surface area contributed by atoms with Crippen LogP contribution in [0.25, 0.3) is 0 Å². The highest BCUT2D eigenvalue weighted by Gasteiger charge is 2.19. The third kappa shape index (κ3) is 3.00. The van der Waals surface area contributed by atoms with Crippen molar-refractivity contribution in [1.29, 1.82) is 0 Å². The lowest BCUT2D eigenvalue weighted by atomic mass is 10.0. The molecule has 5 nitrogen and oxygen atoms in total. The highest BCUT2D eigenvalue weighted by molar-refractivity contribution is 5.88. The van der Waals surface area contributed by atoms with Gasteiger partial charge in [0.05, 0.1) is 11.3 Å². The smallest absolute Gasteiger partial charge is 0.339 e. The van der Waals surface area contributed by atoms with Crippen LogP contribution in [0.3, 0.4) is 0 Å². The Hall–Kier alpha value is -1.49. The van der Waals surface area contributed by atoms with Crippen molar-refractivity contribution in [3.05, 3.63) is 23.3 Å². The van der Waals surface area contributed by atoms with E-state index in [9.17, 15) is 4.79 Å². The second-order valence-corrected chi connectivity index (χ2v) is 4.12. The van der Waals surface area contributed by atoms with Crippen molar-refractivity contribution in [1.82, 2.24) is 9.97 Å². The molecule has 0 saturated heterocycles. The number of carboxylic acids is 1. The van der Waals surface area contributed by atoms with E-state index in [-0.39, 0.29) is 17.6 Å². The van der Waals surface area contributed by atoms with E-state index in [0.717, 1.165) is 6.42 Å². The normalized spacial score (nSPS) is 12.8. The first kappa shape index (κ1) is 13.6. The third-order valence-corrected chi connectivity index (χ3v) is 2.56. The third-order valence-electron chi connectivity index (χ3n) is 2.56. The summed E-state index contributed by atoms with van der Waals surface area (Å²) in [6.45, 7) is 5.79. The molecular weight excluding hydrogens is 220 g/mol. The second-order valence-electron chi connectivity index (χ2n) is 4.12. The standard InChI is InChI=1S/C12H18N2O3/c1-5-9(17-4)11-13-6-8(12(15)16)10(14-11)7(2)3/h6-7,9H,5H2,1-4H3,(H,15,16). The van der Waals surface area contributed by atoms with Crippen molar-refractivity contribution in [3.8, 4) is 0 Å². The number of hydrogen-bond donors (Lipinski definition) is 1. The zero-order valence-electron chi connectivity index (χ0n) is 10.6. The fourth-order valence-corrected chi connectivity index (χ4v) is 1.62. The molecule has 0 aromatic carbocycles. The minimum absolute atomic E-state index is 0.0391. The molecule has 0 aliphatic carbocycles. The molecule has 1 aromatic heterocycles. The SMILES string of the molecule is CCC(OC)c1ncc(C(=O)O)c(C(C)C)n1. The molecule has 1 N–H and O–H groups in total. The van der Waals surface area contributed by atoms with Crippen molar-refractivity contribution in [2.45, 2.75) is 39.2 Å². The van der Waals surface area contributed by atoms with Gasteiger partial charge in [0, 0.05) is 13.3 Å². The van der Waals surface area contributed by atoms with Crippen LogP contribution in [0.4, 0.5) is 0 Å². The van der Waals surface area contributed by atoms with Crippen LogP contribution in [0.2, 0.25) is 0 Å². The predicted molar refractivity (Wildman–Crippen MR) is 63.1 cm³/mol. The van der Waals surface area contributed by atoms with Crippen LogP contribution in [0, 0.1) is 0 Å². The van der Waals surface area contributed by atoms with Gasteiger partial charge in [0.15, 0.2) is 5.82 Å². The first-order valence-electron chi connectivity index (χ1n) is 5.64. The molecule has 0 aliphatic rings. The molecule has 1 aromatic rings. The average molecular weight is 238 g/mol. The van der Waals surface area contributed by atoms with Gasteiger partial charge in [-0.25, -0.2) is 14.8 Å². The van der Waals surface area contributed by atoms with Crippen LogP contribution < -0.4 is 0 Å². The summed E-state index contributed by atoms with van der Waals surface area (Å²) >= 11 is 0. The number of aromatic carboxylic acids is 1. The van der Waals surface area contributed by atoms with Gasteiger partial charge >= 0.3 is 5.97 Å². The zero-order valence-corrected chi connectivity index (χ0v) is 10.6. The van der Waals surface area contributed by atoms with Gasteiger partial charge in [0.1, 0.15) is 6.10 Å². The minimum atomic E-state index is -0.995. The number of aromatic nitrogens is 2. The predicted octanol–water partition coefficient (Wildman–Crippen LogP) is 2.40. The van der Waals surface area contributed by atoms with Crippen LogP contribution in [0.5, 0.6) is 0 Å². The summed E-state index contributed by atoms with van der Waals surface area (Å²) in [5, 5.41) is 9.05. The van der Waals surface area contributed by atoms with E-state index in [2.05, 4.69) is 9.97 Å². The number of methoxy groups -OCH3 is 1. The second kappa shape index (κ2) is 5.72. The lowest BCUT2D eigenvalue weighted by molar-refractivity contribution is 0.0691.